The molecule has 0 radical (unpaired) electrons. The van der Waals surface area contributed by atoms with Crippen LogP contribution in [0.25, 0.3) is 22.5 Å². The molecule has 4 aromatic rings. The monoisotopic (exact) mass is 438 g/mol. The molecule has 0 bridgehead atoms. The summed E-state index contributed by atoms with van der Waals surface area (Å²) in [6.45, 7) is 4.39. The van der Waals surface area contributed by atoms with Gasteiger partial charge in [-0.2, -0.15) is 5.10 Å². The second-order valence-corrected chi connectivity index (χ2v) is 8.28. The van der Waals surface area contributed by atoms with E-state index >= 15 is 0 Å². The van der Waals surface area contributed by atoms with Gasteiger partial charge in [0.15, 0.2) is 11.4 Å². The van der Waals surface area contributed by atoms with Crippen LogP contribution >= 0.6 is 11.6 Å². The SMILES string of the molecule is CC(C)n1ncc2c(C(=O)N3CCCc4c(Cl)ccc(F)c43)cc(-c3ccco3)nc21. The van der Waals surface area contributed by atoms with E-state index in [1.165, 1.54) is 17.0 Å². The first-order valence-corrected chi connectivity index (χ1v) is 10.5. The zero-order valence-corrected chi connectivity index (χ0v) is 17.9. The summed E-state index contributed by atoms with van der Waals surface area (Å²) < 4.78 is 22.1. The quantitative estimate of drug-likeness (QED) is 0.414. The number of carbonyl (C=O) groups is 1. The van der Waals surface area contributed by atoms with Crippen LogP contribution in [0.3, 0.4) is 0 Å². The molecule has 3 aromatic heterocycles. The number of carbonyl (C=O) groups excluding carboxylic acids is 1. The number of pyridine rings is 1. The molecule has 0 saturated heterocycles. The Labute approximate surface area is 183 Å². The van der Waals surface area contributed by atoms with Crippen molar-refractivity contribution >= 4 is 34.2 Å². The zero-order valence-electron chi connectivity index (χ0n) is 17.1. The van der Waals surface area contributed by atoms with Crippen molar-refractivity contribution in [3.8, 4) is 11.5 Å². The van der Waals surface area contributed by atoms with Gasteiger partial charge < -0.3 is 9.32 Å². The van der Waals surface area contributed by atoms with Crippen molar-refractivity contribution in [3.05, 3.63) is 64.8 Å². The van der Waals surface area contributed by atoms with Gasteiger partial charge in [-0.15, -0.1) is 0 Å². The van der Waals surface area contributed by atoms with E-state index in [1.54, 1.807) is 35.3 Å². The summed E-state index contributed by atoms with van der Waals surface area (Å²) in [5, 5.41) is 5.52. The molecule has 31 heavy (non-hydrogen) atoms. The Morgan fingerprint density at radius 3 is 2.87 bits per heavy atom. The largest absolute Gasteiger partial charge is 0.463 e. The fraction of sp³-hybridized carbons (Fsp3) is 0.261. The lowest BCUT2D eigenvalue weighted by Gasteiger charge is -2.30. The first kappa shape index (κ1) is 19.8. The minimum atomic E-state index is -0.457. The van der Waals surface area contributed by atoms with Crippen LogP contribution in [0.1, 0.15) is 42.2 Å². The molecule has 6 nitrogen and oxygen atoms in total. The molecular formula is C23H20ClFN4O2. The van der Waals surface area contributed by atoms with Gasteiger partial charge in [0.05, 0.1) is 29.1 Å². The van der Waals surface area contributed by atoms with Crippen LogP contribution in [-0.4, -0.2) is 27.2 Å². The lowest BCUT2D eigenvalue weighted by atomic mass is 9.99. The van der Waals surface area contributed by atoms with Crippen LogP contribution in [0, 0.1) is 5.82 Å². The molecule has 1 amide bonds. The van der Waals surface area contributed by atoms with Gasteiger partial charge in [-0.25, -0.2) is 14.1 Å². The number of anilines is 1. The average Bonchev–Trinajstić information content (AvgIpc) is 3.45. The maximum atomic E-state index is 14.8. The fourth-order valence-electron chi connectivity index (χ4n) is 4.11. The van der Waals surface area contributed by atoms with Gasteiger partial charge in [-0.3, -0.25) is 4.79 Å². The van der Waals surface area contributed by atoms with Crippen molar-refractivity contribution < 1.29 is 13.6 Å². The van der Waals surface area contributed by atoms with Crippen LogP contribution in [0.15, 0.2) is 47.2 Å². The van der Waals surface area contributed by atoms with Gasteiger partial charge in [0.1, 0.15) is 11.5 Å². The molecule has 0 aliphatic carbocycles. The number of furan rings is 1. The first-order chi connectivity index (χ1) is 15.0. The molecular weight excluding hydrogens is 419 g/mol. The minimum absolute atomic E-state index is 0.0479. The molecule has 1 aliphatic heterocycles. The summed E-state index contributed by atoms with van der Waals surface area (Å²) >= 11 is 6.32. The smallest absolute Gasteiger partial charge is 0.259 e. The third kappa shape index (κ3) is 3.20. The van der Waals surface area contributed by atoms with E-state index in [4.69, 9.17) is 21.0 Å². The van der Waals surface area contributed by atoms with E-state index in [0.717, 1.165) is 0 Å². The predicted molar refractivity (Wildman–Crippen MR) is 117 cm³/mol. The molecule has 0 atom stereocenters. The maximum absolute atomic E-state index is 14.8. The highest BCUT2D eigenvalue weighted by atomic mass is 35.5. The highest BCUT2D eigenvalue weighted by Crippen LogP contribution is 2.37. The molecule has 8 heteroatoms. The number of amides is 1. The van der Waals surface area contributed by atoms with E-state index in [9.17, 15) is 9.18 Å². The van der Waals surface area contributed by atoms with Crippen molar-refractivity contribution in [1.82, 2.24) is 14.8 Å². The topological polar surface area (TPSA) is 64.2 Å². The molecule has 4 heterocycles. The molecule has 0 fully saturated rings. The van der Waals surface area contributed by atoms with Crippen LogP contribution in [0.5, 0.6) is 0 Å². The number of benzene rings is 1. The molecule has 0 saturated carbocycles. The Hall–Kier alpha value is -3.19. The van der Waals surface area contributed by atoms with Gasteiger partial charge in [0.2, 0.25) is 0 Å². The average molecular weight is 439 g/mol. The highest BCUT2D eigenvalue weighted by molar-refractivity contribution is 6.32. The Morgan fingerprint density at radius 1 is 1.29 bits per heavy atom. The van der Waals surface area contributed by atoms with Crippen LogP contribution in [0.2, 0.25) is 5.02 Å². The Bertz CT molecular complexity index is 1300. The summed E-state index contributed by atoms with van der Waals surface area (Å²) in [4.78, 5) is 19.9. The Morgan fingerprint density at radius 2 is 2.13 bits per heavy atom. The lowest BCUT2D eigenvalue weighted by Crippen LogP contribution is -2.36. The van der Waals surface area contributed by atoms with Crippen LogP contribution in [0.4, 0.5) is 10.1 Å². The van der Waals surface area contributed by atoms with Gasteiger partial charge in [-0.1, -0.05) is 11.6 Å². The van der Waals surface area contributed by atoms with E-state index in [0.29, 0.717) is 58.0 Å². The number of hydrogen-bond donors (Lipinski definition) is 0. The van der Waals surface area contributed by atoms with Gasteiger partial charge in [0.25, 0.3) is 5.91 Å². The zero-order chi connectivity index (χ0) is 21.7. The highest BCUT2D eigenvalue weighted by Gasteiger charge is 2.30. The number of fused-ring (bicyclic) bond motifs is 2. The van der Waals surface area contributed by atoms with E-state index in [2.05, 4.69) is 5.10 Å². The predicted octanol–water partition coefficient (Wildman–Crippen LogP) is 5.66. The maximum Gasteiger partial charge on any atom is 0.259 e. The molecule has 0 N–H and O–H groups in total. The molecule has 0 spiro atoms. The summed E-state index contributed by atoms with van der Waals surface area (Å²) in [5.74, 6) is -0.228. The van der Waals surface area contributed by atoms with Crippen molar-refractivity contribution in [2.24, 2.45) is 0 Å². The van der Waals surface area contributed by atoms with Crippen molar-refractivity contribution in [1.29, 1.82) is 0 Å². The summed E-state index contributed by atoms with van der Waals surface area (Å²) in [5.41, 5.74) is 2.42. The number of aromatic nitrogens is 3. The van der Waals surface area contributed by atoms with Crippen molar-refractivity contribution in [2.45, 2.75) is 32.7 Å². The molecule has 0 unspecified atom stereocenters. The van der Waals surface area contributed by atoms with Crippen LogP contribution < -0.4 is 4.90 Å². The molecule has 1 aliphatic rings. The van der Waals surface area contributed by atoms with Gasteiger partial charge in [-0.05, 0) is 62.6 Å². The van der Waals surface area contributed by atoms with Gasteiger partial charge in [0, 0.05) is 17.6 Å². The van der Waals surface area contributed by atoms with Crippen molar-refractivity contribution in [3.63, 3.8) is 0 Å². The third-order valence-electron chi connectivity index (χ3n) is 5.56. The standard InChI is InChI=1S/C23H20ClFN4O2/c1-13(2)29-22-16(12-26-29)15(11-19(27-22)20-6-4-10-31-20)23(30)28-9-3-5-14-17(24)7-8-18(25)21(14)28/h4,6-8,10-13H,3,5,9H2,1-2H3. The van der Waals surface area contributed by atoms with Gasteiger partial charge >= 0.3 is 0 Å². The van der Waals surface area contributed by atoms with E-state index < -0.39 is 5.82 Å². The molecule has 158 valence electrons. The number of hydrogen-bond acceptors (Lipinski definition) is 4. The Kier molecular flexibility index (Phi) is 4.78. The second kappa shape index (κ2) is 7.50. The molecule has 5 rings (SSSR count). The third-order valence-corrected chi connectivity index (χ3v) is 5.91. The van der Waals surface area contributed by atoms with E-state index in [1.807, 2.05) is 13.8 Å². The number of rotatable bonds is 3. The Balaban J connectivity index is 1.71. The van der Waals surface area contributed by atoms with Crippen molar-refractivity contribution in [2.75, 3.05) is 11.4 Å². The first-order valence-electron chi connectivity index (χ1n) is 10.2. The summed E-state index contributed by atoms with van der Waals surface area (Å²) in [7, 11) is 0. The van der Waals surface area contributed by atoms with Crippen LogP contribution in [-0.2, 0) is 6.42 Å². The summed E-state index contributed by atoms with van der Waals surface area (Å²) in [6.07, 6.45) is 4.53. The summed E-state index contributed by atoms with van der Waals surface area (Å²) in [6, 6.07) is 8.13. The van der Waals surface area contributed by atoms with E-state index in [-0.39, 0.29) is 17.6 Å². The second-order valence-electron chi connectivity index (χ2n) is 7.87. The lowest BCUT2D eigenvalue weighted by molar-refractivity contribution is 0.0985. The fourth-order valence-corrected chi connectivity index (χ4v) is 4.36. The number of halogens is 2. The molecule has 1 aromatic carbocycles. The normalized spacial score (nSPS) is 13.8. The minimum Gasteiger partial charge on any atom is -0.463 e. The number of nitrogens with zero attached hydrogens (tertiary/aromatic N) is 4.